The molecule has 16 heavy (non-hydrogen) atoms. The monoisotopic (exact) mass is 255 g/mol. The van der Waals surface area contributed by atoms with Gasteiger partial charge in [-0.15, -0.1) is 11.6 Å². The van der Waals surface area contributed by atoms with Crippen LogP contribution in [0.1, 0.15) is 17.1 Å². The summed E-state index contributed by atoms with van der Waals surface area (Å²) in [4.78, 5) is 8.62. The van der Waals surface area contributed by atoms with Gasteiger partial charge < -0.3 is 0 Å². The third-order valence-electron chi connectivity index (χ3n) is 2.53. The number of pyridine rings is 1. The Bertz CT molecular complexity index is 520. The molecule has 0 amide bonds. The SMILES string of the molecule is Cc1ncn(-c2ccc(Cl)c(CCl)n2)c1C. The molecular formula is C11H11Cl2N3. The van der Waals surface area contributed by atoms with Crippen LogP contribution in [0.25, 0.3) is 5.82 Å². The second kappa shape index (κ2) is 4.44. The Balaban J connectivity index is 2.52. The van der Waals surface area contributed by atoms with Crippen LogP contribution < -0.4 is 0 Å². The third-order valence-corrected chi connectivity index (χ3v) is 3.13. The van der Waals surface area contributed by atoms with Crippen LogP contribution in [0.4, 0.5) is 0 Å². The summed E-state index contributed by atoms with van der Waals surface area (Å²) in [5, 5.41) is 0.591. The topological polar surface area (TPSA) is 30.7 Å². The molecule has 0 fully saturated rings. The zero-order valence-electron chi connectivity index (χ0n) is 9.04. The van der Waals surface area contributed by atoms with E-state index in [-0.39, 0.29) is 0 Å². The first-order valence-corrected chi connectivity index (χ1v) is 5.77. The van der Waals surface area contributed by atoms with Crippen molar-refractivity contribution >= 4 is 23.2 Å². The van der Waals surface area contributed by atoms with Crippen LogP contribution >= 0.6 is 23.2 Å². The van der Waals surface area contributed by atoms with Crippen molar-refractivity contribution in [2.75, 3.05) is 0 Å². The molecule has 0 saturated heterocycles. The molecule has 0 aliphatic heterocycles. The van der Waals surface area contributed by atoms with E-state index in [1.54, 1.807) is 12.4 Å². The zero-order chi connectivity index (χ0) is 11.7. The standard InChI is InChI=1S/C11H11Cl2N3/c1-7-8(2)16(6-14-7)11-4-3-9(13)10(5-12)15-11/h3-4,6H,5H2,1-2H3. The van der Waals surface area contributed by atoms with Gasteiger partial charge >= 0.3 is 0 Å². The smallest absolute Gasteiger partial charge is 0.138 e. The molecule has 2 aromatic rings. The minimum absolute atomic E-state index is 0.305. The van der Waals surface area contributed by atoms with Crippen LogP contribution in [0.5, 0.6) is 0 Å². The van der Waals surface area contributed by atoms with Crippen LogP contribution in [0.3, 0.4) is 0 Å². The van der Waals surface area contributed by atoms with E-state index < -0.39 is 0 Å². The quantitative estimate of drug-likeness (QED) is 0.772. The molecule has 5 heteroatoms. The molecule has 0 aromatic carbocycles. The summed E-state index contributed by atoms with van der Waals surface area (Å²) < 4.78 is 1.92. The molecule has 84 valence electrons. The number of nitrogens with zero attached hydrogens (tertiary/aromatic N) is 3. The highest BCUT2D eigenvalue weighted by Crippen LogP contribution is 2.19. The summed E-state index contributed by atoms with van der Waals surface area (Å²) >= 11 is 11.7. The van der Waals surface area contributed by atoms with Gasteiger partial charge in [0, 0.05) is 5.69 Å². The Morgan fingerprint density at radius 3 is 2.62 bits per heavy atom. The predicted octanol–water partition coefficient (Wildman–Crippen LogP) is 3.28. The maximum absolute atomic E-state index is 5.96. The van der Waals surface area contributed by atoms with Crippen molar-refractivity contribution < 1.29 is 0 Å². The van der Waals surface area contributed by atoms with E-state index in [1.165, 1.54) is 0 Å². The molecule has 0 atom stereocenters. The van der Waals surface area contributed by atoms with Crippen LogP contribution in [0.2, 0.25) is 5.02 Å². The number of hydrogen-bond donors (Lipinski definition) is 0. The summed E-state index contributed by atoms with van der Waals surface area (Å²) in [7, 11) is 0. The van der Waals surface area contributed by atoms with Gasteiger partial charge in [0.15, 0.2) is 0 Å². The van der Waals surface area contributed by atoms with Crippen LogP contribution in [0, 0.1) is 13.8 Å². The number of aromatic nitrogens is 3. The van der Waals surface area contributed by atoms with Crippen molar-refractivity contribution in [1.82, 2.24) is 14.5 Å². The largest absolute Gasteiger partial charge is 0.287 e. The molecule has 2 rings (SSSR count). The van der Waals surface area contributed by atoms with Gasteiger partial charge in [0.05, 0.1) is 22.3 Å². The lowest BCUT2D eigenvalue weighted by molar-refractivity contribution is 0.935. The maximum atomic E-state index is 5.96. The Kier molecular flexibility index (Phi) is 3.17. The molecule has 0 saturated carbocycles. The van der Waals surface area contributed by atoms with Crippen LogP contribution in [-0.4, -0.2) is 14.5 Å². The third kappa shape index (κ3) is 1.93. The summed E-state index contributed by atoms with van der Waals surface area (Å²) in [6.07, 6.45) is 1.75. The van der Waals surface area contributed by atoms with E-state index in [0.29, 0.717) is 16.6 Å². The lowest BCUT2D eigenvalue weighted by atomic mass is 10.3. The Morgan fingerprint density at radius 1 is 1.31 bits per heavy atom. The molecular weight excluding hydrogens is 245 g/mol. The normalized spacial score (nSPS) is 10.8. The Morgan fingerprint density at radius 2 is 2.06 bits per heavy atom. The molecule has 0 aliphatic rings. The van der Waals surface area contributed by atoms with Gasteiger partial charge in [0.2, 0.25) is 0 Å². The highest BCUT2D eigenvalue weighted by molar-refractivity contribution is 6.32. The summed E-state index contributed by atoms with van der Waals surface area (Å²) in [5.74, 6) is 1.09. The first-order valence-electron chi connectivity index (χ1n) is 4.85. The molecule has 0 N–H and O–H groups in total. The van der Waals surface area contributed by atoms with Crippen molar-refractivity contribution in [3.8, 4) is 5.82 Å². The fraction of sp³-hybridized carbons (Fsp3) is 0.273. The van der Waals surface area contributed by atoms with E-state index in [9.17, 15) is 0 Å². The van der Waals surface area contributed by atoms with Gasteiger partial charge in [0.25, 0.3) is 0 Å². The van der Waals surface area contributed by atoms with E-state index in [0.717, 1.165) is 17.2 Å². The molecule has 0 spiro atoms. The number of halogens is 2. The van der Waals surface area contributed by atoms with Gasteiger partial charge in [0.1, 0.15) is 12.1 Å². The fourth-order valence-corrected chi connectivity index (χ4v) is 1.87. The lowest BCUT2D eigenvalue weighted by Crippen LogP contribution is -2.00. The highest BCUT2D eigenvalue weighted by Gasteiger charge is 2.08. The van der Waals surface area contributed by atoms with Crippen LogP contribution in [-0.2, 0) is 5.88 Å². The van der Waals surface area contributed by atoms with Gasteiger partial charge in [-0.05, 0) is 26.0 Å². The Labute approximate surface area is 104 Å². The molecule has 2 heterocycles. The predicted molar refractivity (Wildman–Crippen MR) is 65.4 cm³/mol. The Hall–Kier alpha value is -1.06. The summed E-state index contributed by atoms with van der Waals surface area (Å²) in [6.45, 7) is 3.96. The van der Waals surface area contributed by atoms with Crippen molar-refractivity contribution in [3.05, 3.63) is 40.6 Å². The molecule has 0 unspecified atom stereocenters. The lowest BCUT2D eigenvalue weighted by Gasteiger charge is -2.07. The zero-order valence-corrected chi connectivity index (χ0v) is 10.5. The van der Waals surface area contributed by atoms with Crippen molar-refractivity contribution in [2.24, 2.45) is 0 Å². The molecule has 0 radical (unpaired) electrons. The average molecular weight is 256 g/mol. The minimum atomic E-state index is 0.305. The van der Waals surface area contributed by atoms with E-state index in [1.807, 2.05) is 24.5 Å². The van der Waals surface area contributed by atoms with Gasteiger partial charge in [-0.25, -0.2) is 9.97 Å². The number of alkyl halides is 1. The molecule has 3 nitrogen and oxygen atoms in total. The van der Waals surface area contributed by atoms with Gasteiger partial charge in [-0.1, -0.05) is 11.6 Å². The first-order chi connectivity index (χ1) is 7.63. The molecule has 0 aliphatic carbocycles. The van der Waals surface area contributed by atoms with E-state index >= 15 is 0 Å². The van der Waals surface area contributed by atoms with Gasteiger partial charge in [-0.2, -0.15) is 0 Å². The second-order valence-corrected chi connectivity index (χ2v) is 4.19. The van der Waals surface area contributed by atoms with Crippen molar-refractivity contribution in [1.29, 1.82) is 0 Å². The maximum Gasteiger partial charge on any atom is 0.138 e. The number of imidazole rings is 1. The number of hydrogen-bond acceptors (Lipinski definition) is 2. The minimum Gasteiger partial charge on any atom is -0.287 e. The second-order valence-electron chi connectivity index (χ2n) is 3.52. The van der Waals surface area contributed by atoms with Crippen LogP contribution in [0.15, 0.2) is 18.5 Å². The molecule has 0 bridgehead atoms. The van der Waals surface area contributed by atoms with E-state index in [2.05, 4.69) is 9.97 Å². The first kappa shape index (κ1) is 11.4. The fourth-order valence-electron chi connectivity index (χ4n) is 1.43. The summed E-state index contributed by atoms with van der Waals surface area (Å²) in [6, 6.07) is 3.66. The molecule has 2 aromatic heterocycles. The number of aryl methyl sites for hydroxylation is 1. The number of rotatable bonds is 2. The summed E-state index contributed by atoms with van der Waals surface area (Å²) in [5.41, 5.74) is 2.74. The average Bonchev–Trinajstić information content (AvgIpc) is 2.61. The highest BCUT2D eigenvalue weighted by atomic mass is 35.5. The van der Waals surface area contributed by atoms with Crippen molar-refractivity contribution in [3.63, 3.8) is 0 Å². The van der Waals surface area contributed by atoms with E-state index in [4.69, 9.17) is 23.2 Å². The van der Waals surface area contributed by atoms with Gasteiger partial charge in [-0.3, -0.25) is 4.57 Å². The van der Waals surface area contributed by atoms with Crippen molar-refractivity contribution in [2.45, 2.75) is 19.7 Å².